The van der Waals surface area contributed by atoms with Crippen molar-refractivity contribution in [1.82, 2.24) is 4.98 Å². The molecule has 1 heterocycles. The van der Waals surface area contributed by atoms with Gasteiger partial charge in [0.25, 0.3) is 0 Å². The first kappa shape index (κ1) is 21.4. The molecule has 4 aliphatic carbocycles. The summed E-state index contributed by atoms with van der Waals surface area (Å²) < 4.78 is 0. The summed E-state index contributed by atoms with van der Waals surface area (Å²) in [5.41, 5.74) is 2.11. The molecule has 9 atom stereocenters. The summed E-state index contributed by atoms with van der Waals surface area (Å²) in [5, 5.41) is 20.8. The topological polar surface area (TPSA) is 70.4 Å². The van der Waals surface area contributed by atoms with E-state index in [1.165, 1.54) is 19.3 Å². The summed E-state index contributed by atoms with van der Waals surface area (Å²) in [4.78, 5) is 17.9. The fraction of sp³-hybridized carbons (Fsp3) is 0.778. The molecule has 0 saturated heterocycles. The Labute approximate surface area is 186 Å². The van der Waals surface area contributed by atoms with Crippen LogP contribution in [-0.4, -0.2) is 27.1 Å². The Morgan fingerprint density at radius 1 is 1.10 bits per heavy atom. The minimum absolute atomic E-state index is 0.0617. The zero-order chi connectivity index (χ0) is 22.1. The van der Waals surface area contributed by atoms with Gasteiger partial charge in [0.2, 0.25) is 0 Å². The van der Waals surface area contributed by atoms with Crippen molar-refractivity contribution in [2.45, 2.75) is 91.1 Å². The number of ketones is 1. The van der Waals surface area contributed by atoms with E-state index >= 15 is 0 Å². The van der Waals surface area contributed by atoms with Gasteiger partial charge in [0.15, 0.2) is 0 Å². The molecule has 0 spiro atoms. The quantitative estimate of drug-likeness (QED) is 0.666. The van der Waals surface area contributed by atoms with Crippen LogP contribution in [0.2, 0.25) is 0 Å². The molecule has 4 fully saturated rings. The third-order valence-corrected chi connectivity index (χ3v) is 10.6. The molecule has 4 heteroatoms. The Balaban J connectivity index is 1.43. The number of aliphatic hydroxyl groups excluding tert-OH is 1. The summed E-state index contributed by atoms with van der Waals surface area (Å²) in [6.45, 7) is 9.04. The zero-order valence-electron chi connectivity index (χ0n) is 19.6. The van der Waals surface area contributed by atoms with Gasteiger partial charge in [0.05, 0.1) is 11.8 Å². The zero-order valence-corrected chi connectivity index (χ0v) is 19.6. The highest BCUT2D eigenvalue weighted by atomic mass is 16.3. The van der Waals surface area contributed by atoms with E-state index in [4.69, 9.17) is 0 Å². The molecule has 170 valence electrons. The molecule has 0 bridgehead atoms. The molecule has 4 saturated carbocycles. The van der Waals surface area contributed by atoms with Gasteiger partial charge in [-0.1, -0.05) is 20.8 Å². The Kier molecular flexibility index (Phi) is 5.04. The molecule has 2 N–H and O–H groups in total. The van der Waals surface area contributed by atoms with Gasteiger partial charge in [-0.2, -0.15) is 0 Å². The summed E-state index contributed by atoms with van der Waals surface area (Å²) in [7, 11) is 0. The van der Waals surface area contributed by atoms with E-state index in [-0.39, 0.29) is 28.8 Å². The molecule has 1 aromatic rings. The predicted octanol–water partition coefficient (Wildman–Crippen LogP) is 5.40. The number of aromatic hydroxyl groups is 1. The first-order valence-electron chi connectivity index (χ1n) is 12.5. The minimum atomic E-state index is -0.293. The van der Waals surface area contributed by atoms with Crippen LogP contribution in [0.1, 0.15) is 89.3 Å². The van der Waals surface area contributed by atoms with Gasteiger partial charge in [0, 0.05) is 24.5 Å². The number of carbonyl (C=O) groups excluding carboxylic acids is 1. The standard InChI is InChI=1S/C27H39NO3/c1-15-11-24(31)25(28-14-15)16(2)19-5-6-20-18-13-23(30)22-12-17(29)7-9-27(22,4)21(18)8-10-26(19,20)3/h11,14,16-22,29,31H,5-10,12-13H2,1-4H3. The maximum atomic E-state index is 13.3. The van der Waals surface area contributed by atoms with Crippen LogP contribution in [-0.2, 0) is 4.79 Å². The summed E-state index contributed by atoms with van der Waals surface area (Å²) in [5.74, 6) is 3.21. The van der Waals surface area contributed by atoms with Crippen molar-refractivity contribution in [3.05, 3.63) is 23.5 Å². The number of rotatable bonds is 2. The van der Waals surface area contributed by atoms with E-state index in [1.807, 2.05) is 19.2 Å². The van der Waals surface area contributed by atoms with E-state index in [0.29, 0.717) is 48.0 Å². The number of Topliss-reactive ketones (excluding diaryl/α,β-unsaturated/α-hetero) is 1. The monoisotopic (exact) mass is 425 g/mol. The van der Waals surface area contributed by atoms with Crippen LogP contribution in [0.3, 0.4) is 0 Å². The number of hydrogen-bond acceptors (Lipinski definition) is 4. The van der Waals surface area contributed by atoms with Crippen molar-refractivity contribution in [3.8, 4) is 5.75 Å². The Morgan fingerprint density at radius 3 is 2.55 bits per heavy atom. The lowest BCUT2D eigenvalue weighted by molar-refractivity contribution is -0.159. The first-order valence-corrected chi connectivity index (χ1v) is 12.5. The van der Waals surface area contributed by atoms with Gasteiger partial charge < -0.3 is 10.2 Å². The number of nitrogens with zero attached hydrogens (tertiary/aromatic N) is 1. The molecule has 0 aromatic carbocycles. The Hall–Kier alpha value is -1.42. The highest BCUT2D eigenvalue weighted by Gasteiger charge is 2.62. The highest BCUT2D eigenvalue weighted by molar-refractivity contribution is 5.83. The van der Waals surface area contributed by atoms with Gasteiger partial charge >= 0.3 is 0 Å². The SMILES string of the molecule is Cc1cnc(C(C)C2CCC3C4CC(=O)C5CC(O)CCC5(C)C4CCC23C)c(O)c1. The number of aliphatic hydroxyl groups is 1. The molecular formula is C27H39NO3. The van der Waals surface area contributed by atoms with Crippen LogP contribution in [0.25, 0.3) is 0 Å². The largest absolute Gasteiger partial charge is 0.506 e. The van der Waals surface area contributed by atoms with E-state index in [1.54, 1.807) is 0 Å². The molecule has 1 aromatic heterocycles. The van der Waals surface area contributed by atoms with Crippen LogP contribution < -0.4 is 0 Å². The molecule has 4 aliphatic rings. The normalized spacial score (nSPS) is 45.5. The Bertz CT molecular complexity index is 883. The van der Waals surface area contributed by atoms with Crippen LogP contribution in [0.4, 0.5) is 0 Å². The smallest absolute Gasteiger partial charge is 0.137 e. The number of fused-ring (bicyclic) bond motifs is 5. The van der Waals surface area contributed by atoms with Crippen LogP contribution in [0, 0.1) is 47.3 Å². The summed E-state index contributed by atoms with van der Waals surface area (Å²) >= 11 is 0. The number of aryl methyl sites for hydroxylation is 1. The molecule has 5 rings (SSSR count). The minimum Gasteiger partial charge on any atom is -0.506 e. The van der Waals surface area contributed by atoms with Gasteiger partial charge in [-0.05, 0) is 98.0 Å². The van der Waals surface area contributed by atoms with Crippen molar-refractivity contribution < 1.29 is 15.0 Å². The second-order valence-electron chi connectivity index (χ2n) is 12.0. The van der Waals surface area contributed by atoms with E-state index in [0.717, 1.165) is 30.5 Å². The Morgan fingerprint density at radius 2 is 1.81 bits per heavy atom. The van der Waals surface area contributed by atoms with Crippen molar-refractivity contribution in [3.63, 3.8) is 0 Å². The van der Waals surface area contributed by atoms with Crippen LogP contribution >= 0.6 is 0 Å². The maximum absolute atomic E-state index is 13.3. The third-order valence-electron chi connectivity index (χ3n) is 10.6. The average Bonchev–Trinajstić information content (AvgIpc) is 3.06. The lowest BCUT2D eigenvalue weighted by Gasteiger charge is -2.60. The fourth-order valence-corrected chi connectivity index (χ4v) is 8.99. The lowest BCUT2D eigenvalue weighted by Crippen LogP contribution is -2.57. The first-order chi connectivity index (χ1) is 14.6. The van der Waals surface area contributed by atoms with Gasteiger partial charge in [-0.3, -0.25) is 9.78 Å². The van der Waals surface area contributed by atoms with E-state index in [2.05, 4.69) is 25.8 Å². The highest BCUT2D eigenvalue weighted by Crippen LogP contribution is 2.68. The van der Waals surface area contributed by atoms with E-state index in [9.17, 15) is 15.0 Å². The molecule has 31 heavy (non-hydrogen) atoms. The summed E-state index contributed by atoms with van der Waals surface area (Å²) in [6, 6.07) is 1.84. The van der Waals surface area contributed by atoms with Gasteiger partial charge in [0.1, 0.15) is 11.5 Å². The molecule has 0 radical (unpaired) electrons. The molecule has 9 unspecified atom stereocenters. The van der Waals surface area contributed by atoms with Crippen molar-refractivity contribution in [1.29, 1.82) is 0 Å². The van der Waals surface area contributed by atoms with Gasteiger partial charge in [-0.25, -0.2) is 0 Å². The predicted molar refractivity (Wildman–Crippen MR) is 121 cm³/mol. The number of aromatic nitrogens is 1. The molecular weight excluding hydrogens is 386 g/mol. The third kappa shape index (κ3) is 3.11. The molecule has 0 amide bonds. The van der Waals surface area contributed by atoms with Crippen LogP contribution in [0.15, 0.2) is 12.3 Å². The maximum Gasteiger partial charge on any atom is 0.137 e. The molecule has 4 nitrogen and oxygen atoms in total. The second-order valence-corrected chi connectivity index (χ2v) is 12.0. The summed E-state index contributed by atoms with van der Waals surface area (Å²) in [6.07, 6.45) is 9.58. The van der Waals surface area contributed by atoms with Crippen molar-refractivity contribution in [2.75, 3.05) is 0 Å². The van der Waals surface area contributed by atoms with Crippen molar-refractivity contribution in [2.24, 2.45) is 40.4 Å². The van der Waals surface area contributed by atoms with Crippen LogP contribution in [0.5, 0.6) is 5.75 Å². The number of carbonyl (C=O) groups is 1. The molecule has 0 aliphatic heterocycles. The second kappa shape index (κ2) is 7.30. The number of hydrogen-bond donors (Lipinski definition) is 2. The van der Waals surface area contributed by atoms with Crippen molar-refractivity contribution >= 4 is 5.78 Å². The lowest BCUT2D eigenvalue weighted by atomic mass is 9.44. The van der Waals surface area contributed by atoms with E-state index < -0.39 is 0 Å². The van der Waals surface area contributed by atoms with Gasteiger partial charge in [-0.15, -0.1) is 0 Å². The average molecular weight is 426 g/mol. The fourth-order valence-electron chi connectivity index (χ4n) is 8.99. The number of pyridine rings is 1.